The van der Waals surface area contributed by atoms with Crippen molar-refractivity contribution in [1.29, 1.82) is 0 Å². The average molecular weight is 458 g/mol. The molecular formula is C28H27NO5. The maximum atomic E-state index is 13.4. The summed E-state index contributed by atoms with van der Waals surface area (Å²) in [6.07, 6.45) is 3.57. The van der Waals surface area contributed by atoms with Crippen molar-refractivity contribution in [3.05, 3.63) is 88.3 Å². The van der Waals surface area contributed by atoms with E-state index in [-0.39, 0.29) is 5.43 Å². The van der Waals surface area contributed by atoms with Gasteiger partial charge in [-0.15, -0.1) is 0 Å². The molecular weight excluding hydrogens is 430 g/mol. The summed E-state index contributed by atoms with van der Waals surface area (Å²) in [5.41, 5.74) is 3.94. The van der Waals surface area contributed by atoms with Crippen LogP contribution in [0.2, 0.25) is 0 Å². The van der Waals surface area contributed by atoms with Gasteiger partial charge in [-0.25, -0.2) is 0 Å². The Balaban J connectivity index is 1.41. The molecule has 0 atom stereocenters. The lowest BCUT2D eigenvalue weighted by molar-refractivity contribution is 0.0946. The van der Waals surface area contributed by atoms with Gasteiger partial charge in [0.25, 0.3) is 0 Å². The summed E-state index contributed by atoms with van der Waals surface area (Å²) in [6, 6.07) is 19.5. The van der Waals surface area contributed by atoms with Gasteiger partial charge in [-0.05, 0) is 48.2 Å². The lowest BCUT2D eigenvalue weighted by Gasteiger charge is -2.29. The van der Waals surface area contributed by atoms with E-state index in [4.69, 9.17) is 18.6 Å². The van der Waals surface area contributed by atoms with Crippen LogP contribution in [0.1, 0.15) is 17.5 Å². The third-order valence-corrected chi connectivity index (χ3v) is 6.26. The number of methoxy groups -OCH3 is 2. The molecule has 0 saturated heterocycles. The van der Waals surface area contributed by atoms with Crippen LogP contribution in [-0.2, 0) is 13.0 Å². The standard InChI is InChI=1S/C28H27NO5/c1-31-25-12-10-20(15-26(25)32-2)23-17-33-28-21(27(23)30)11-13-24-22(28)16-29(18-34-24)14-6-9-19-7-4-3-5-8-19/h3-5,7-8,10-13,15,17H,6,9,14,16,18H2,1-2H3. The van der Waals surface area contributed by atoms with Gasteiger partial charge in [-0.2, -0.15) is 0 Å². The summed E-state index contributed by atoms with van der Waals surface area (Å²) in [7, 11) is 3.15. The third-order valence-electron chi connectivity index (χ3n) is 6.26. The lowest BCUT2D eigenvalue weighted by atomic mass is 10.0. The second-order valence-electron chi connectivity index (χ2n) is 8.38. The van der Waals surface area contributed by atoms with Crippen LogP contribution in [0.25, 0.3) is 22.1 Å². The predicted molar refractivity (Wildman–Crippen MR) is 132 cm³/mol. The molecule has 6 nitrogen and oxygen atoms in total. The normalized spacial score (nSPS) is 13.4. The molecule has 174 valence electrons. The second kappa shape index (κ2) is 9.61. The number of rotatable bonds is 7. The molecule has 0 bridgehead atoms. The van der Waals surface area contributed by atoms with E-state index in [2.05, 4.69) is 29.2 Å². The number of fused-ring (bicyclic) bond motifs is 3. The highest BCUT2D eigenvalue weighted by atomic mass is 16.5. The van der Waals surface area contributed by atoms with Gasteiger partial charge in [0.15, 0.2) is 11.5 Å². The van der Waals surface area contributed by atoms with E-state index in [0.29, 0.717) is 46.9 Å². The van der Waals surface area contributed by atoms with Crippen LogP contribution in [0.15, 0.2) is 76.1 Å². The summed E-state index contributed by atoms with van der Waals surface area (Å²) in [5, 5.41) is 0.542. The fraction of sp³-hybridized carbons (Fsp3) is 0.250. The Morgan fingerprint density at radius 3 is 2.59 bits per heavy atom. The van der Waals surface area contributed by atoms with E-state index in [1.807, 2.05) is 18.2 Å². The van der Waals surface area contributed by atoms with Gasteiger partial charge in [-0.1, -0.05) is 36.4 Å². The number of hydrogen-bond donors (Lipinski definition) is 0. The van der Waals surface area contributed by atoms with E-state index in [1.165, 1.54) is 11.8 Å². The molecule has 0 saturated carbocycles. The minimum absolute atomic E-state index is 0.0857. The highest BCUT2D eigenvalue weighted by molar-refractivity contribution is 5.86. The molecule has 1 aliphatic rings. The van der Waals surface area contributed by atoms with E-state index in [9.17, 15) is 4.79 Å². The molecule has 3 aromatic carbocycles. The second-order valence-corrected chi connectivity index (χ2v) is 8.38. The molecule has 5 rings (SSSR count). The first-order chi connectivity index (χ1) is 16.7. The van der Waals surface area contributed by atoms with Crippen LogP contribution in [0, 0.1) is 0 Å². The Morgan fingerprint density at radius 2 is 1.79 bits per heavy atom. The van der Waals surface area contributed by atoms with Gasteiger partial charge in [0.2, 0.25) is 5.43 Å². The van der Waals surface area contributed by atoms with Gasteiger partial charge in [-0.3, -0.25) is 9.69 Å². The smallest absolute Gasteiger partial charge is 0.200 e. The number of benzene rings is 3. The summed E-state index contributed by atoms with van der Waals surface area (Å²) in [5.74, 6) is 1.94. The predicted octanol–water partition coefficient (Wildman–Crippen LogP) is 5.26. The summed E-state index contributed by atoms with van der Waals surface area (Å²) >= 11 is 0. The van der Waals surface area contributed by atoms with Gasteiger partial charge >= 0.3 is 0 Å². The molecule has 0 fully saturated rings. The highest BCUT2D eigenvalue weighted by Gasteiger charge is 2.23. The number of ether oxygens (including phenoxy) is 3. The Hall–Kier alpha value is -3.77. The number of nitrogens with zero attached hydrogens (tertiary/aromatic N) is 1. The van der Waals surface area contributed by atoms with Crippen molar-refractivity contribution in [1.82, 2.24) is 4.90 Å². The molecule has 0 radical (unpaired) electrons. The molecule has 1 aliphatic heterocycles. The molecule has 0 amide bonds. The van der Waals surface area contributed by atoms with Crippen molar-refractivity contribution in [2.24, 2.45) is 0 Å². The zero-order valence-corrected chi connectivity index (χ0v) is 19.4. The van der Waals surface area contributed by atoms with Gasteiger partial charge in [0.05, 0.1) is 30.7 Å². The third kappa shape index (κ3) is 4.24. The minimum atomic E-state index is -0.0857. The SMILES string of the molecule is COc1ccc(-c2coc3c4c(ccc3c2=O)OCN(CCCc2ccccc2)C4)cc1OC. The summed E-state index contributed by atoms with van der Waals surface area (Å²) in [4.78, 5) is 15.6. The molecule has 1 aromatic heterocycles. The molecule has 0 aliphatic carbocycles. The van der Waals surface area contributed by atoms with Crippen molar-refractivity contribution in [2.45, 2.75) is 19.4 Å². The zero-order chi connectivity index (χ0) is 23.5. The van der Waals surface area contributed by atoms with Crippen LogP contribution in [0.5, 0.6) is 17.2 Å². The number of hydrogen-bond acceptors (Lipinski definition) is 6. The van der Waals surface area contributed by atoms with Gasteiger partial charge < -0.3 is 18.6 Å². The topological polar surface area (TPSA) is 61.1 Å². The maximum Gasteiger partial charge on any atom is 0.200 e. The largest absolute Gasteiger partial charge is 0.493 e. The van der Waals surface area contributed by atoms with Crippen LogP contribution in [-0.4, -0.2) is 32.4 Å². The van der Waals surface area contributed by atoms with Crippen LogP contribution >= 0.6 is 0 Å². The van der Waals surface area contributed by atoms with Gasteiger partial charge in [0, 0.05) is 13.1 Å². The Bertz CT molecular complexity index is 1360. The Kier molecular flexibility index (Phi) is 6.23. The summed E-state index contributed by atoms with van der Waals surface area (Å²) in [6.45, 7) is 2.11. The molecule has 0 spiro atoms. The molecule has 34 heavy (non-hydrogen) atoms. The monoisotopic (exact) mass is 457 g/mol. The molecule has 0 unspecified atom stereocenters. The fourth-order valence-corrected chi connectivity index (χ4v) is 4.45. The molecule has 4 aromatic rings. The maximum absolute atomic E-state index is 13.4. The van der Waals surface area contributed by atoms with Crippen LogP contribution in [0.4, 0.5) is 0 Å². The van der Waals surface area contributed by atoms with Gasteiger partial charge in [0.1, 0.15) is 24.3 Å². The van der Waals surface area contributed by atoms with E-state index in [1.54, 1.807) is 32.4 Å². The number of aryl methyl sites for hydroxylation is 1. The van der Waals surface area contributed by atoms with Crippen molar-refractivity contribution in [2.75, 3.05) is 27.5 Å². The quantitative estimate of drug-likeness (QED) is 0.377. The van der Waals surface area contributed by atoms with E-state index in [0.717, 1.165) is 30.7 Å². The fourth-order valence-electron chi connectivity index (χ4n) is 4.45. The van der Waals surface area contributed by atoms with E-state index < -0.39 is 0 Å². The lowest BCUT2D eigenvalue weighted by Crippen LogP contribution is -2.33. The van der Waals surface area contributed by atoms with Crippen LogP contribution in [0.3, 0.4) is 0 Å². The molecule has 2 heterocycles. The Morgan fingerprint density at radius 1 is 0.971 bits per heavy atom. The first-order valence-electron chi connectivity index (χ1n) is 11.4. The highest BCUT2D eigenvalue weighted by Crippen LogP contribution is 2.34. The first-order valence-corrected chi connectivity index (χ1v) is 11.4. The van der Waals surface area contributed by atoms with E-state index >= 15 is 0 Å². The summed E-state index contributed by atoms with van der Waals surface area (Å²) < 4.78 is 22.7. The molecule has 6 heteroatoms. The minimum Gasteiger partial charge on any atom is -0.493 e. The van der Waals surface area contributed by atoms with Crippen molar-refractivity contribution in [3.8, 4) is 28.4 Å². The molecule has 0 N–H and O–H groups in total. The van der Waals surface area contributed by atoms with Crippen molar-refractivity contribution in [3.63, 3.8) is 0 Å². The van der Waals surface area contributed by atoms with Crippen molar-refractivity contribution >= 4 is 11.0 Å². The first kappa shape index (κ1) is 22.0. The van der Waals surface area contributed by atoms with Crippen molar-refractivity contribution < 1.29 is 18.6 Å². The Labute approximate surface area is 198 Å². The zero-order valence-electron chi connectivity index (χ0n) is 19.4. The average Bonchev–Trinajstić information content (AvgIpc) is 2.89. The van der Waals surface area contributed by atoms with Crippen LogP contribution < -0.4 is 19.6 Å².